The van der Waals surface area contributed by atoms with E-state index in [2.05, 4.69) is 10.1 Å². The fourth-order valence-electron chi connectivity index (χ4n) is 3.13. The van der Waals surface area contributed by atoms with E-state index in [1.807, 2.05) is 7.05 Å². The largest absolute Gasteiger partial charge is 0.383 e. The van der Waals surface area contributed by atoms with Gasteiger partial charge in [0.05, 0.1) is 0 Å². The highest BCUT2D eigenvalue weighted by Crippen LogP contribution is 2.32. The van der Waals surface area contributed by atoms with Crippen LogP contribution in [0, 0.1) is 11.6 Å². The van der Waals surface area contributed by atoms with Gasteiger partial charge in [0.2, 0.25) is 0 Å². The predicted molar refractivity (Wildman–Crippen MR) is 77.8 cm³/mol. The Morgan fingerprint density at radius 2 is 2.09 bits per heavy atom. The lowest BCUT2D eigenvalue weighted by Gasteiger charge is -2.36. The summed E-state index contributed by atoms with van der Waals surface area (Å²) in [5.41, 5.74) is -0.138. The molecule has 3 rings (SSSR count). The summed E-state index contributed by atoms with van der Waals surface area (Å²) in [5.74, 6) is -0.306. The van der Waals surface area contributed by atoms with Crippen molar-refractivity contribution in [2.24, 2.45) is 0 Å². The molecule has 4 nitrogen and oxygen atoms in total. The maximum atomic E-state index is 13.8. The summed E-state index contributed by atoms with van der Waals surface area (Å²) in [5, 5.41) is 2.30. The Morgan fingerprint density at radius 1 is 1.36 bits per heavy atom. The zero-order chi connectivity index (χ0) is 15.7. The first kappa shape index (κ1) is 15.0. The highest BCUT2D eigenvalue weighted by Gasteiger charge is 2.30. The molecule has 1 fully saturated rings. The second kappa shape index (κ2) is 6.04. The number of H-pyrrole nitrogens is 1. The number of likely N-dealkylation sites (N-methyl/N-ethyl adjacent to an activating group) is 1. The third kappa shape index (κ3) is 2.97. The van der Waals surface area contributed by atoms with Crippen LogP contribution in [0.2, 0.25) is 0 Å². The van der Waals surface area contributed by atoms with Gasteiger partial charge in [0.15, 0.2) is 0 Å². The Bertz CT molecular complexity index is 690. The normalized spacial score (nSPS) is 22.9. The highest BCUT2D eigenvalue weighted by molar-refractivity contribution is 5.21. The molecule has 0 unspecified atom stereocenters. The Kier molecular flexibility index (Phi) is 4.11. The predicted octanol–water partition coefficient (Wildman–Crippen LogP) is 2.67. The van der Waals surface area contributed by atoms with Crippen LogP contribution in [-0.2, 0) is 6.42 Å². The maximum Gasteiger partial charge on any atom is 0.280 e. The number of piperidine rings is 1. The maximum absolute atomic E-state index is 13.8. The number of aromatic nitrogens is 1. The second-order valence-electron chi connectivity index (χ2n) is 5.88. The van der Waals surface area contributed by atoms with Crippen molar-refractivity contribution in [1.82, 2.24) is 10.1 Å². The number of nitrogens with one attached hydrogen (secondary N) is 1. The average molecular weight is 308 g/mol. The molecule has 2 aromatic rings. The monoisotopic (exact) mass is 308 g/mol. The second-order valence-corrected chi connectivity index (χ2v) is 5.88. The minimum atomic E-state index is -0.510. The first-order valence-corrected chi connectivity index (χ1v) is 7.36. The minimum Gasteiger partial charge on any atom is -0.383 e. The van der Waals surface area contributed by atoms with E-state index in [4.69, 9.17) is 4.52 Å². The van der Waals surface area contributed by atoms with Crippen LogP contribution in [0.5, 0.6) is 0 Å². The molecule has 0 spiro atoms. The molecule has 1 saturated heterocycles. The molecule has 0 aliphatic carbocycles. The van der Waals surface area contributed by atoms with Gasteiger partial charge in [0, 0.05) is 23.6 Å². The molecule has 1 N–H and O–H groups in total. The molecule has 6 heteroatoms. The van der Waals surface area contributed by atoms with Gasteiger partial charge in [-0.1, -0.05) is 6.07 Å². The Balaban J connectivity index is 1.78. The van der Waals surface area contributed by atoms with Crippen LogP contribution in [0.25, 0.3) is 0 Å². The van der Waals surface area contributed by atoms with Crippen molar-refractivity contribution < 1.29 is 13.3 Å². The number of benzene rings is 1. The Morgan fingerprint density at radius 3 is 2.73 bits per heavy atom. The lowest BCUT2D eigenvalue weighted by molar-refractivity contribution is 0.154. The van der Waals surface area contributed by atoms with E-state index in [0.717, 1.165) is 13.0 Å². The van der Waals surface area contributed by atoms with E-state index in [1.165, 1.54) is 24.3 Å². The zero-order valence-electron chi connectivity index (χ0n) is 12.3. The van der Waals surface area contributed by atoms with Crippen LogP contribution in [0.3, 0.4) is 0 Å². The summed E-state index contributed by atoms with van der Waals surface area (Å²) < 4.78 is 32.8. The van der Waals surface area contributed by atoms with Crippen molar-refractivity contribution in [1.29, 1.82) is 0 Å². The van der Waals surface area contributed by atoms with Crippen molar-refractivity contribution in [3.8, 4) is 0 Å². The van der Waals surface area contributed by atoms with Gasteiger partial charge in [-0.2, -0.15) is 5.16 Å². The van der Waals surface area contributed by atoms with E-state index in [-0.39, 0.29) is 23.1 Å². The topological polar surface area (TPSA) is 49.2 Å². The quantitative estimate of drug-likeness (QED) is 0.948. The molecule has 1 aliphatic heterocycles. The summed E-state index contributed by atoms with van der Waals surface area (Å²) in [6.45, 7) is 0.792. The SMILES string of the molecule is CN1CC[C@H](c2cc(=O)[nH]o2)C[C@H]1Cc1c(F)cccc1F. The fourth-order valence-corrected chi connectivity index (χ4v) is 3.13. The van der Waals surface area contributed by atoms with E-state index < -0.39 is 11.6 Å². The van der Waals surface area contributed by atoms with Gasteiger partial charge in [-0.3, -0.25) is 4.79 Å². The third-order valence-corrected chi connectivity index (χ3v) is 4.46. The average Bonchev–Trinajstić information content (AvgIpc) is 2.91. The van der Waals surface area contributed by atoms with Crippen molar-refractivity contribution in [2.75, 3.05) is 13.6 Å². The number of aromatic amines is 1. The third-order valence-electron chi connectivity index (χ3n) is 4.46. The Labute approximate surface area is 126 Å². The molecule has 2 atom stereocenters. The number of halogens is 2. The van der Waals surface area contributed by atoms with Crippen molar-refractivity contribution >= 4 is 0 Å². The number of hydrogen-bond donors (Lipinski definition) is 1. The van der Waals surface area contributed by atoms with Crippen molar-refractivity contribution in [3.05, 3.63) is 57.6 Å². The first-order valence-electron chi connectivity index (χ1n) is 7.36. The molecule has 1 aromatic carbocycles. The summed E-state index contributed by atoms with van der Waals surface area (Å²) in [4.78, 5) is 13.3. The highest BCUT2D eigenvalue weighted by atomic mass is 19.1. The molecule has 0 bridgehead atoms. The molecule has 0 saturated carbocycles. The molecular weight excluding hydrogens is 290 g/mol. The number of hydrogen-bond acceptors (Lipinski definition) is 3. The van der Waals surface area contributed by atoms with E-state index in [9.17, 15) is 13.6 Å². The van der Waals surface area contributed by atoms with E-state index in [0.29, 0.717) is 18.6 Å². The molecular formula is C16H18F2N2O2. The van der Waals surface area contributed by atoms with Crippen LogP contribution in [0.15, 0.2) is 33.6 Å². The molecule has 22 heavy (non-hydrogen) atoms. The van der Waals surface area contributed by atoms with Crippen LogP contribution >= 0.6 is 0 Å². The molecule has 1 aromatic heterocycles. The smallest absolute Gasteiger partial charge is 0.280 e. The molecule has 118 valence electrons. The van der Waals surface area contributed by atoms with Crippen LogP contribution in [0.1, 0.15) is 30.1 Å². The standard InChI is InChI=1S/C16H18F2N2O2/c1-20-6-5-10(15-9-16(21)19-22-15)7-11(20)8-12-13(17)3-2-4-14(12)18/h2-4,9-11H,5-8H2,1H3,(H,19,21)/t10-,11-/m0/s1. The minimum absolute atomic E-state index is 0.00496. The molecule has 1 aliphatic rings. The summed E-state index contributed by atoms with van der Waals surface area (Å²) in [6, 6.07) is 5.39. The van der Waals surface area contributed by atoms with Gasteiger partial charge in [0.25, 0.3) is 5.56 Å². The van der Waals surface area contributed by atoms with Gasteiger partial charge in [-0.25, -0.2) is 8.78 Å². The molecule has 0 radical (unpaired) electrons. The molecule has 2 heterocycles. The van der Waals surface area contributed by atoms with Crippen LogP contribution < -0.4 is 5.56 Å². The van der Waals surface area contributed by atoms with Gasteiger partial charge in [0.1, 0.15) is 17.4 Å². The van der Waals surface area contributed by atoms with Crippen molar-refractivity contribution in [2.45, 2.75) is 31.2 Å². The van der Waals surface area contributed by atoms with Crippen LogP contribution in [-0.4, -0.2) is 29.7 Å². The fraction of sp³-hybridized carbons (Fsp3) is 0.438. The lowest BCUT2D eigenvalue weighted by Crippen LogP contribution is -2.40. The van der Waals surface area contributed by atoms with Gasteiger partial charge in [-0.05, 0) is 45.0 Å². The van der Waals surface area contributed by atoms with Crippen LogP contribution in [0.4, 0.5) is 8.78 Å². The number of nitrogens with zero attached hydrogens (tertiary/aromatic N) is 1. The summed E-state index contributed by atoms with van der Waals surface area (Å²) >= 11 is 0. The summed E-state index contributed by atoms with van der Waals surface area (Å²) in [6.07, 6.45) is 1.86. The van der Waals surface area contributed by atoms with Gasteiger partial charge < -0.3 is 9.42 Å². The first-order chi connectivity index (χ1) is 10.5. The lowest BCUT2D eigenvalue weighted by atomic mass is 9.86. The number of likely N-dealkylation sites (tertiary alicyclic amines) is 1. The summed E-state index contributed by atoms with van der Waals surface area (Å²) in [7, 11) is 1.95. The van der Waals surface area contributed by atoms with Gasteiger partial charge in [-0.15, -0.1) is 0 Å². The van der Waals surface area contributed by atoms with Gasteiger partial charge >= 0.3 is 0 Å². The Hall–Kier alpha value is -1.95. The van der Waals surface area contributed by atoms with Crippen molar-refractivity contribution in [3.63, 3.8) is 0 Å². The van der Waals surface area contributed by atoms with E-state index >= 15 is 0 Å². The zero-order valence-corrected chi connectivity index (χ0v) is 12.3. The number of rotatable bonds is 3. The molecule has 0 amide bonds. The van der Waals surface area contributed by atoms with E-state index in [1.54, 1.807) is 0 Å².